The SMILES string of the molecule is c1cc(-c2nc(-c3cccc4cccnc34)nc(-c3cccc4c3oc3ccccc34)n2)cc(-c2cccc3ccc4ccccc4c23)c1. The van der Waals surface area contributed by atoms with Crippen molar-refractivity contribution in [2.45, 2.75) is 0 Å². The number of aromatic nitrogens is 4. The lowest BCUT2D eigenvalue weighted by molar-refractivity contribution is 0.669. The van der Waals surface area contributed by atoms with Crippen LogP contribution in [-0.4, -0.2) is 19.9 Å². The molecule has 10 aromatic rings. The fourth-order valence-corrected chi connectivity index (χ4v) is 7.08. The zero-order chi connectivity index (χ0) is 32.3. The Morgan fingerprint density at radius 3 is 1.98 bits per heavy atom. The van der Waals surface area contributed by atoms with Gasteiger partial charge >= 0.3 is 0 Å². The summed E-state index contributed by atoms with van der Waals surface area (Å²) in [6, 6.07) is 52.3. The molecular formula is C44H26N4O. The van der Waals surface area contributed by atoms with E-state index in [2.05, 4.69) is 103 Å². The second kappa shape index (κ2) is 10.9. The first kappa shape index (κ1) is 27.4. The van der Waals surface area contributed by atoms with Crippen molar-refractivity contribution in [1.29, 1.82) is 0 Å². The number of hydrogen-bond acceptors (Lipinski definition) is 5. The van der Waals surface area contributed by atoms with Gasteiger partial charge in [-0.3, -0.25) is 4.98 Å². The van der Waals surface area contributed by atoms with Crippen molar-refractivity contribution in [3.63, 3.8) is 0 Å². The van der Waals surface area contributed by atoms with E-state index in [1.165, 1.54) is 21.5 Å². The first-order valence-corrected chi connectivity index (χ1v) is 16.3. The monoisotopic (exact) mass is 626 g/mol. The molecule has 0 atom stereocenters. The average Bonchev–Trinajstić information content (AvgIpc) is 3.56. The molecule has 3 aromatic heterocycles. The molecule has 49 heavy (non-hydrogen) atoms. The highest BCUT2D eigenvalue weighted by Gasteiger charge is 2.19. The van der Waals surface area contributed by atoms with E-state index in [-0.39, 0.29) is 0 Å². The van der Waals surface area contributed by atoms with Crippen molar-refractivity contribution in [2.24, 2.45) is 0 Å². The molecule has 10 rings (SSSR count). The maximum absolute atomic E-state index is 6.44. The molecule has 0 fully saturated rings. The van der Waals surface area contributed by atoms with Gasteiger partial charge in [0.1, 0.15) is 11.2 Å². The number of pyridine rings is 1. The Bertz CT molecular complexity index is 2900. The van der Waals surface area contributed by atoms with Crippen molar-refractivity contribution in [3.8, 4) is 45.3 Å². The van der Waals surface area contributed by atoms with Gasteiger partial charge in [-0.15, -0.1) is 0 Å². The van der Waals surface area contributed by atoms with Crippen LogP contribution in [0.15, 0.2) is 162 Å². The number of rotatable bonds is 4. The van der Waals surface area contributed by atoms with Crippen LogP contribution in [0.1, 0.15) is 0 Å². The van der Waals surface area contributed by atoms with Crippen LogP contribution in [0.3, 0.4) is 0 Å². The third-order valence-electron chi connectivity index (χ3n) is 9.36. The fourth-order valence-electron chi connectivity index (χ4n) is 7.08. The van der Waals surface area contributed by atoms with Crippen LogP contribution < -0.4 is 0 Å². The van der Waals surface area contributed by atoms with Crippen molar-refractivity contribution in [2.75, 3.05) is 0 Å². The van der Waals surface area contributed by atoms with Gasteiger partial charge in [-0.05, 0) is 63.0 Å². The van der Waals surface area contributed by atoms with E-state index in [9.17, 15) is 0 Å². The van der Waals surface area contributed by atoms with Gasteiger partial charge in [0.2, 0.25) is 0 Å². The first-order chi connectivity index (χ1) is 24.3. The molecule has 3 heterocycles. The normalized spacial score (nSPS) is 11.7. The highest BCUT2D eigenvalue weighted by atomic mass is 16.3. The Morgan fingerprint density at radius 1 is 0.408 bits per heavy atom. The molecule has 0 amide bonds. The summed E-state index contributed by atoms with van der Waals surface area (Å²) in [5.41, 5.74) is 7.22. The van der Waals surface area contributed by atoms with Crippen LogP contribution in [0.25, 0.3) is 99.7 Å². The summed E-state index contributed by atoms with van der Waals surface area (Å²) in [5.74, 6) is 1.67. The molecule has 0 bridgehead atoms. The minimum absolute atomic E-state index is 0.541. The van der Waals surface area contributed by atoms with Crippen LogP contribution in [0.2, 0.25) is 0 Å². The van der Waals surface area contributed by atoms with Gasteiger partial charge in [0.15, 0.2) is 17.5 Å². The Labute approximate surface area is 281 Å². The van der Waals surface area contributed by atoms with Gasteiger partial charge in [-0.1, -0.05) is 121 Å². The minimum atomic E-state index is 0.541. The number of para-hydroxylation sites is 3. The van der Waals surface area contributed by atoms with Crippen LogP contribution in [0.5, 0.6) is 0 Å². The molecule has 0 aliphatic heterocycles. The van der Waals surface area contributed by atoms with Crippen LogP contribution >= 0.6 is 0 Å². The summed E-state index contributed by atoms with van der Waals surface area (Å²) in [6.07, 6.45) is 1.81. The second-order valence-electron chi connectivity index (χ2n) is 12.2. The molecule has 0 saturated heterocycles. The average molecular weight is 627 g/mol. The Balaban J connectivity index is 1.22. The van der Waals surface area contributed by atoms with Crippen molar-refractivity contribution >= 4 is 54.4 Å². The number of hydrogen-bond donors (Lipinski definition) is 0. The predicted molar refractivity (Wildman–Crippen MR) is 199 cm³/mol. The van der Waals surface area contributed by atoms with Crippen LogP contribution in [0.4, 0.5) is 0 Å². The van der Waals surface area contributed by atoms with Gasteiger partial charge < -0.3 is 4.42 Å². The van der Waals surface area contributed by atoms with E-state index in [4.69, 9.17) is 24.4 Å². The topological polar surface area (TPSA) is 64.7 Å². The van der Waals surface area contributed by atoms with Gasteiger partial charge in [-0.25, -0.2) is 15.0 Å². The van der Waals surface area contributed by atoms with Gasteiger partial charge in [0.25, 0.3) is 0 Å². The van der Waals surface area contributed by atoms with E-state index in [0.717, 1.165) is 60.7 Å². The first-order valence-electron chi connectivity index (χ1n) is 16.3. The van der Waals surface area contributed by atoms with E-state index >= 15 is 0 Å². The summed E-state index contributed by atoms with van der Waals surface area (Å²) in [4.78, 5) is 20.1. The molecular weight excluding hydrogens is 601 g/mol. The number of fused-ring (bicyclic) bond motifs is 7. The third-order valence-corrected chi connectivity index (χ3v) is 9.36. The molecule has 0 aliphatic rings. The van der Waals surface area contributed by atoms with Gasteiger partial charge in [0, 0.05) is 33.5 Å². The Hall–Kier alpha value is -6.72. The van der Waals surface area contributed by atoms with Gasteiger partial charge in [-0.2, -0.15) is 0 Å². The molecule has 5 nitrogen and oxygen atoms in total. The second-order valence-corrected chi connectivity index (χ2v) is 12.2. The maximum atomic E-state index is 6.44. The standard InChI is InChI=1S/C44H26N4O/c1-2-16-32-27(10-1)23-24-28-11-6-18-33(39(28)32)30-13-5-14-31(26-30)42-46-43(36-20-7-12-29-15-9-25-45-40(29)36)48-44(47-42)37-21-8-19-35-34-17-3-4-22-38(34)49-41(35)37/h1-26H. The van der Waals surface area contributed by atoms with Crippen molar-refractivity contribution < 1.29 is 4.42 Å². The zero-order valence-corrected chi connectivity index (χ0v) is 26.2. The Kier molecular flexibility index (Phi) is 6.11. The quantitative estimate of drug-likeness (QED) is 0.182. The molecule has 0 spiro atoms. The van der Waals surface area contributed by atoms with E-state index in [1.54, 1.807) is 6.20 Å². The highest BCUT2D eigenvalue weighted by molar-refractivity contribution is 6.14. The number of nitrogens with zero attached hydrogens (tertiary/aromatic N) is 4. The highest BCUT2D eigenvalue weighted by Crippen LogP contribution is 2.38. The molecule has 0 saturated carbocycles. The molecule has 0 aliphatic carbocycles. The minimum Gasteiger partial charge on any atom is -0.455 e. The molecule has 228 valence electrons. The van der Waals surface area contributed by atoms with E-state index < -0.39 is 0 Å². The smallest absolute Gasteiger partial charge is 0.167 e. The third kappa shape index (κ3) is 4.48. The zero-order valence-electron chi connectivity index (χ0n) is 26.2. The predicted octanol–water partition coefficient (Wildman–Crippen LogP) is 11.3. The lowest BCUT2D eigenvalue weighted by Gasteiger charge is -2.13. The fraction of sp³-hybridized carbons (Fsp3) is 0. The summed E-state index contributed by atoms with van der Waals surface area (Å²) in [7, 11) is 0. The van der Waals surface area contributed by atoms with E-state index in [0.29, 0.717) is 17.5 Å². The molecule has 7 aromatic carbocycles. The number of furan rings is 1. The summed E-state index contributed by atoms with van der Waals surface area (Å²) >= 11 is 0. The molecule has 0 radical (unpaired) electrons. The molecule has 0 unspecified atom stereocenters. The van der Waals surface area contributed by atoms with Crippen LogP contribution in [-0.2, 0) is 0 Å². The lowest BCUT2D eigenvalue weighted by Crippen LogP contribution is -2.01. The van der Waals surface area contributed by atoms with Crippen LogP contribution in [0, 0.1) is 0 Å². The molecule has 5 heteroatoms. The summed E-state index contributed by atoms with van der Waals surface area (Å²) in [6.45, 7) is 0. The van der Waals surface area contributed by atoms with Crippen molar-refractivity contribution in [1.82, 2.24) is 19.9 Å². The van der Waals surface area contributed by atoms with Crippen molar-refractivity contribution in [3.05, 3.63) is 158 Å². The molecule has 0 N–H and O–H groups in total. The number of benzene rings is 7. The Morgan fingerprint density at radius 2 is 1.04 bits per heavy atom. The van der Waals surface area contributed by atoms with E-state index in [1.807, 2.05) is 48.5 Å². The van der Waals surface area contributed by atoms with Gasteiger partial charge in [0.05, 0.1) is 11.1 Å². The summed E-state index contributed by atoms with van der Waals surface area (Å²) < 4.78 is 6.44. The largest absolute Gasteiger partial charge is 0.455 e. The summed E-state index contributed by atoms with van der Waals surface area (Å²) in [5, 5.41) is 7.98. The maximum Gasteiger partial charge on any atom is 0.167 e. The lowest BCUT2D eigenvalue weighted by atomic mass is 9.93.